The second kappa shape index (κ2) is 71.6. The fourth-order valence-electron chi connectivity index (χ4n) is 11.7. The number of aliphatic hydroxyl groups is 2. The molecule has 2 atom stereocenters. The molecule has 0 spiro atoms. The van der Waals surface area contributed by atoms with Crippen LogP contribution >= 0.6 is 0 Å². The predicted molar refractivity (Wildman–Crippen MR) is 361 cm³/mol. The lowest BCUT2D eigenvalue weighted by Gasteiger charge is -2.20. The lowest BCUT2D eigenvalue weighted by molar-refractivity contribution is -0.143. The van der Waals surface area contributed by atoms with E-state index in [9.17, 15) is 19.8 Å². The van der Waals surface area contributed by atoms with Crippen LogP contribution in [0.15, 0.2) is 36.5 Å². The smallest absolute Gasteiger partial charge is 0.305 e. The molecule has 6 nitrogen and oxygen atoms in total. The summed E-state index contributed by atoms with van der Waals surface area (Å²) in [5.74, 6) is -0.0498. The van der Waals surface area contributed by atoms with Crippen LogP contribution in [-0.2, 0) is 14.3 Å². The largest absolute Gasteiger partial charge is 0.466 e. The summed E-state index contributed by atoms with van der Waals surface area (Å²) in [6, 6.07) is -0.624. The summed E-state index contributed by atoms with van der Waals surface area (Å²) >= 11 is 0. The number of nitrogens with one attached hydrogen (secondary N) is 1. The lowest BCUT2D eigenvalue weighted by atomic mass is 10.0. The number of esters is 1. The predicted octanol–water partition coefficient (Wildman–Crippen LogP) is 24.3. The van der Waals surface area contributed by atoms with Gasteiger partial charge in [-0.25, -0.2) is 0 Å². The molecule has 0 rings (SSSR count). The number of carbonyl (C=O) groups is 2. The van der Waals surface area contributed by atoms with Gasteiger partial charge in [0.1, 0.15) is 0 Å². The SMILES string of the molecule is CCCC/C=C\CCCCCCCC(=O)OCCCCCCCCCCCCCCCCCCCC/C=C\CCCCCCCCCCCCCCCCCCCC(=O)NC(CO)C(O)/C=C/CCCCCCCCCCCCCCC. The molecular formula is C76H145NO5. The first-order chi connectivity index (χ1) is 40.5. The van der Waals surface area contributed by atoms with Crippen molar-refractivity contribution in [1.82, 2.24) is 5.32 Å². The van der Waals surface area contributed by atoms with E-state index in [4.69, 9.17) is 4.74 Å². The number of hydrogen-bond acceptors (Lipinski definition) is 5. The highest BCUT2D eigenvalue weighted by atomic mass is 16.5. The van der Waals surface area contributed by atoms with Gasteiger partial charge in [-0.1, -0.05) is 359 Å². The molecule has 0 saturated carbocycles. The summed E-state index contributed by atoms with van der Waals surface area (Å²) in [7, 11) is 0. The van der Waals surface area contributed by atoms with Crippen molar-refractivity contribution in [3.8, 4) is 0 Å². The Morgan fingerprint density at radius 2 is 0.585 bits per heavy atom. The highest BCUT2D eigenvalue weighted by molar-refractivity contribution is 5.76. The number of aliphatic hydroxyl groups excluding tert-OH is 2. The zero-order chi connectivity index (χ0) is 59.2. The Bertz CT molecular complexity index is 1330. The van der Waals surface area contributed by atoms with E-state index < -0.39 is 12.1 Å². The molecule has 0 aliphatic heterocycles. The number of rotatable bonds is 70. The number of hydrogen-bond donors (Lipinski definition) is 3. The summed E-state index contributed by atoms with van der Waals surface area (Å²) in [6.07, 6.45) is 92.6. The average molecular weight is 1150 g/mol. The van der Waals surface area contributed by atoms with Crippen LogP contribution in [0.2, 0.25) is 0 Å². The van der Waals surface area contributed by atoms with Gasteiger partial charge in [0.05, 0.1) is 25.4 Å². The highest BCUT2D eigenvalue weighted by Crippen LogP contribution is 2.19. The molecule has 0 aliphatic carbocycles. The molecule has 0 aromatic heterocycles. The van der Waals surface area contributed by atoms with E-state index in [1.54, 1.807) is 6.08 Å². The molecule has 484 valence electrons. The molecule has 2 unspecified atom stereocenters. The molecular weight excluding hydrogens is 1010 g/mol. The van der Waals surface area contributed by atoms with Crippen LogP contribution < -0.4 is 5.32 Å². The Labute approximate surface area is 513 Å². The van der Waals surface area contributed by atoms with Crippen LogP contribution in [0.25, 0.3) is 0 Å². The van der Waals surface area contributed by atoms with Crippen molar-refractivity contribution >= 4 is 11.9 Å². The quantitative estimate of drug-likeness (QED) is 0.0320. The van der Waals surface area contributed by atoms with E-state index in [-0.39, 0.29) is 18.5 Å². The van der Waals surface area contributed by atoms with Gasteiger partial charge in [-0.2, -0.15) is 0 Å². The summed E-state index contributed by atoms with van der Waals surface area (Å²) in [5.41, 5.74) is 0. The van der Waals surface area contributed by atoms with Gasteiger partial charge in [0.15, 0.2) is 0 Å². The van der Waals surface area contributed by atoms with Gasteiger partial charge < -0.3 is 20.3 Å². The van der Waals surface area contributed by atoms with Crippen molar-refractivity contribution in [2.75, 3.05) is 13.2 Å². The number of allylic oxidation sites excluding steroid dienone is 5. The highest BCUT2D eigenvalue weighted by Gasteiger charge is 2.18. The van der Waals surface area contributed by atoms with Crippen molar-refractivity contribution in [2.45, 2.75) is 424 Å². The van der Waals surface area contributed by atoms with E-state index in [1.165, 1.54) is 340 Å². The third kappa shape index (κ3) is 67.2. The summed E-state index contributed by atoms with van der Waals surface area (Å²) in [4.78, 5) is 24.5. The van der Waals surface area contributed by atoms with Crippen LogP contribution in [0.3, 0.4) is 0 Å². The van der Waals surface area contributed by atoms with E-state index >= 15 is 0 Å². The molecule has 0 bridgehead atoms. The van der Waals surface area contributed by atoms with E-state index in [1.807, 2.05) is 6.08 Å². The third-order valence-electron chi connectivity index (χ3n) is 17.4. The van der Waals surface area contributed by atoms with Crippen molar-refractivity contribution in [3.63, 3.8) is 0 Å². The van der Waals surface area contributed by atoms with E-state index in [0.717, 1.165) is 44.9 Å². The van der Waals surface area contributed by atoms with Gasteiger partial charge in [-0.05, 0) is 77.0 Å². The first-order valence-corrected chi connectivity index (χ1v) is 37.3. The van der Waals surface area contributed by atoms with Gasteiger partial charge >= 0.3 is 5.97 Å². The van der Waals surface area contributed by atoms with Crippen LogP contribution in [0.5, 0.6) is 0 Å². The number of amides is 1. The van der Waals surface area contributed by atoms with E-state index in [0.29, 0.717) is 19.4 Å². The zero-order valence-corrected chi connectivity index (χ0v) is 55.5. The first kappa shape index (κ1) is 80.1. The second-order valence-electron chi connectivity index (χ2n) is 25.6. The molecule has 82 heavy (non-hydrogen) atoms. The van der Waals surface area contributed by atoms with Gasteiger partial charge in [-0.15, -0.1) is 0 Å². The van der Waals surface area contributed by atoms with Crippen LogP contribution in [0.4, 0.5) is 0 Å². The number of ether oxygens (including phenoxy) is 1. The maximum atomic E-state index is 12.5. The normalized spacial score (nSPS) is 12.7. The van der Waals surface area contributed by atoms with Gasteiger partial charge in [0, 0.05) is 12.8 Å². The Balaban J connectivity index is 3.33. The molecule has 3 N–H and O–H groups in total. The van der Waals surface area contributed by atoms with E-state index in [2.05, 4.69) is 43.5 Å². The van der Waals surface area contributed by atoms with Crippen molar-refractivity contribution < 1.29 is 24.5 Å². The topological polar surface area (TPSA) is 95.9 Å². The molecule has 0 aromatic carbocycles. The summed E-state index contributed by atoms with van der Waals surface area (Å²) in [5, 5.41) is 23.2. The molecule has 0 saturated heterocycles. The third-order valence-corrected chi connectivity index (χ3v) is 17.4. The standard InChI is InChI=1S/C76H145NO5/c1-3-5-7-9-11-13-15-16-42-45-49-52-56-60-64-68-74(79)73(72-78)77-75(80)69-65-61-57-53-50-46-43-40-38-36-34-32-30-28-26-24-22-20-18-17-19-21-23-25-27-29-31-33-35-37-39-41-44-47-51-55-59-63-67-71-82-76(81)70-66-62-58-54-48-14-12-10-8-6-4-2/h10,12,17-18,64,68,73-74,78-79H,3-9,11,13-16,19-63,65-67,69-72H2,1-2H3,(H,77,80)/b12-10-,18-17-,68-64+. The molecule has 0 aliphatic rings. The monoisotopic (exact) mass is 1150 g/mol. The lowest BCUT2D eigenvalue weighted by Crippen LogP contribution is -2.45. The van der Waals surface area contributed by atoms with Crippen molar-refractivity contribution in [1.29, 1.82) is 0 Å². The second-order valence-corrected chi connectivity index (χ2v) is 25.6. The Morgan fingerprint density at radius 1 is 0.329 bits per heavy atom. The molecule has 0 fully saturated rings. The fourth-order valence-corrected chi connectivity index (χ4v) is 11.7. The van der Waals surface area contributed by atoms with Gasteiger partial charge in [0.25, 0.3) is 0 Å². The van der Waals surface area contributed by atoms with Crippen molar-refractivity contribution in [3.05, 3.63) is 36.5 Å². The van der Waals surface area contributed by atoms with Crippen LogP contribution in [-0.4, -0.2) is 47.4 Å². The number of carbonyl (C=O) groups excluding carboxylic acids is 2. The molecule has 6 heteroatoms. The average Bonchev–Trinajstić information content (AvgIpc) is 3.48. The van der Waals surface area contributed by atoms with Crippen molar-refractivity contribution in [2.24, 2.45) is 0 Å². The minimum Gasteiger partial charge on any atom is -0.466 e. The summed E-state index contributed by atoms with van der Waals surface area (Å²) < 4.78 is 5.47. The van der Waals surface area contributed by atoms with Crippen LogP contribution in [0, 0.1) is 0 Å². The minimum absolute atomic E-state index is 0.0114. The fraction of sp³-hybridized carbons (Fsp3) is 0.895. The van der Waals surface area contributed by atoms with Crippen LogP contribution in [0.1, 0.15) is 412 Å². The maximum absolute atomic E-state index is 12.5. The Kier molecular flexibility index (Phi) is 69.9. The number of unbranched alkanes of at least 4 members (excludes halogenated alkanes) is 55. The summed E-state index contributed by atoms with van der Waals surface area (Å²) in [6.45, 7) is 4.90. The minimum atomic E-state index is -0.841. The molecule has 0 radical (unpaired) electrons. The molecule has 0 aromatic rings. The maximum Gasteiger partial charge on any atom is 0.305 e. The van der Waals surface area contributed by atoms with Gasteiger partial charge in [-0.3, -0.25) is 9.59 Å². The Hall–Kier alpha value is -1.92. The van der Waals surface area contributed by atoms with Gasteiger partial charge in [0.2, 0.25) is 5.91 Å². The molecule has 0 heterocycles. The molecule has 1 amide bonds. The first-order valence-electron chi connectivity index (χ1n) is 37.3. The zero-order valence-electron chi connectivity index (χ0n) is 55.5. The Morgan fingerprint density at radius 3 is 0.902 bits per heavy atom.